The molecule has 0 aliphatic heterocycles. The Labute approximate surface area is 124 Å². The van der Waals surface area contributed by atoms with Crippen LogP contribution in [0.3, 0.4) is 0 Å². The first-order chi connectivity index (χ1) is 9.95. The molecule has 0 aromatic carbocycles. The SMILES string of the molecule is Cc1cc(C(C)NC(=O)c2cc(N)cn2C2CC2)c(C)o1. The van der Waals surface area contributed by atoms with E-state index in [9.17, 15) is 4.79 Å². The average molecular weight is 287 g/mol. The highest BCUT2D eigenvalue weighted by atomic mass is 16.3. The molecule has 1 aliphatic carbocycles. The van der Waals surface area contributed by atoms with Crippen LogP contribution in [0.15, 0.2) is 22.7 Å². The highest BCUT2D eigenvalue weighted by Gasteiger charge is 2.28. The number of anilines is 1. The number of hydrogen-bond donors (Lipinski definition) is 2. The minimum absolute atomic E-state index is 0.0932. The molecule has 3 rings (SSSR count). The molecule has 2 heterocycles. The van der Waals surface area contributed by atoms with E-state index in [4.69, 9.17) is 10.2 Å². The van der Waals surface area contributed by atoms with E-state index in [1.54, 1.807) is 6.07 Å². The Bertz CT molecular complexity index is 680. The maximum atomic E-state index is 12.5. The van der Waals surface area contributed by atoms with Crippen molar-refractivity contribution in [3.63, 3.8) is 0 Å². The predicted molar refractivity (Wildman–Crippen MR) is 81.2 cm³/mol. The van der Waals surface area contributed by atoms with E-state index in [1.165, 1.54) is 0 Å². The van der Waals surface area contributed by atoms with Gasteiger partial charge < -0.3 is 20.0 Å². The van der Waals surface area contributed by atoms with Gasteiger partial charge in [-0.1, -0.05) is 0 Å². The van der Waals surface area contributed by atoms with E-state index < -0.39 is 0 Å². The molecular formula is C16H21N3O2. The second-order valence-electron chi connectivity index (χ2n) is 5.86. The summed E-state index contributed by atoms with van der Waals surface area (Å²) in [5, 5.41) is 3.03. The predicted octanol–water partition coefficient (Wildman–Crippen LogP) is 3.11. The number of nitrogens with zero attached hydrogens (tertiary/aromatic N) is 1. The number of carbonyl (C=O) groups excluding carboxylic acids is 1. The van der Waals surface area contributed by atoms with Crippen molar-refractivity contribution in [2.45, 2.75) is 45.7 Å². The lowest BCUT2D eigenvalue weighted by Crippen LogP contribution is -2.28. The van der Waals surface area contributed by atoms with Crippen LogP contribution in [0, 0.1) is 13.8 Å². The standard InChI is InChI=1S/C16H21N3O2/c1-9-6-14(11(3)21-9)10(2)18-16(20)15-7-12(17)8-19(15)13-4-5-13/h6-8,10,13H,4-5,17H2,1-3H3,(H,18,20). The Morgan fingerprint density at radius 3 is 2.71 bits per heavy atom. The summed E-state index contributed by atoms with van der Waals surface area (Å²) in [6, 6.07) is 4.04. The molecule has 21 heavy (non-hydrogen) atoms. The van der Waals surface area contributed by atoms with E-state index in [2.05, 4.69) is 5.32 Å². The third kappa shape index (κ3) is 2.68. The number of aryl methyl sites for hydroxylation is 2. The van der Waals surface area contributed by atoms with Gasteiger partial charge in [0.25, 0.3) is 5.91 Å². The monoisotopic (exact) mass is 287 g/mol. The van der Waals surface area contributed by atoms with Crippen molar-refractivity contribution in [2.24, 2.45) is 0 Å². The zero-order chi connectivity index (χ0) is 15.1. The molecule has 0 spiro atoms. The van der Waals surface area contributed by atoms with Gasteiger partial charge in [0.2, 0.25) is 0 Å². The molecule has 2 aromatic rings. The minimum atomic E-state index is -0.0984. The van der Waals surface area contributed by atoms with Crippen molar-refractivity contribution in [3.8, 4) is 0 Å². The molecule has 1 amide bonds. The van der Waals surface area contributed by atoms with Crippen LogP contribution in [0.5, 0.6) is 0 Å². The van der Waals surface area contributed by atoms with Crippen LogP contribution in [0.1, 0.15) is 59.4 Å². The molecule has 1 saturated carbocycles. The number of carbonyl (C=O) groups is 1. The fourth-order valence-corrected chi connectivity index (χ4v) is 2.77. The fraction of sp³-hybridized carbons (Fsp3) is 0.438. The summed E-state index contributed by atoms with van der Waals surface area (Å²) in [5.74, 6) is 1.61. The van der Waals surface area contributed by atoms with E-state index >= 15 is 0 Å². The van der Waals surface area contributed by atoms with Gasteiger partial charge >= 0.3 is 0 Å². The molecule has 1 fully saturated rings. The van der Waals surface area contributed by atoms with Crippen LogP contribution in [0.25, 0.3) is 0 Å². The Morgan fingerprint density at radius 2 is 2.14 bits per heavy atom. The lowest BCUT2D eigenvalue weighted by atomic mass is 10.1. The zero-order valence-corrected chi connectivity index (χ0v) is 12.6. The largest absolute Gasteiger partial charge is 0.466 e. The Hall–Kier alpha value is -2.17. The zero-order valence-electron chi connectivity index (χ0n) is 12.6. The number of aromatic nitrogens is 1. The summed E-state index contributed by atoms with van der Waals surface area (Å²) in [7, 11) is 0. The molecule has 3 N–H and O–H groups in total. The van der Waals surface area contributed by atoms with Gasteiger partial charge in [0.1, 0.15) is 17.2 Å². The summed E-state index contributed by atoms with van der Waals surface area (Å²) >= 11 is 0. The molecule has 1 unspecified atom stereocenters. The van der Waals surface area contributed by atoms with Crippen molar-refractivity contribution in [2.75, 3.05) is 5.73 Å². The summed E-state index contributed by atoms with van der Waals surface area (Å²) in [6.07, 6.45) is 4.08. The number of hydrogen-bond acceptors (Lipinski definition) is 3. The van der Waals surface area contributed by atoms with Crippen LogP contribution in [0.4, 0.5) is 5.69 Å². The van der Waals surface area contributed by atoms with Crippen molar-refractivity contribution in [1.29, 1.82) is 0 Å². The van der Waals surface area contributed by atoms with Gasteiger partial charge in [-0.05, 0) is 45.7 Å². The fourth-order valence-electron chi connectivity index (χ4n) is 2.77. The average Bonchev–Trinajstić information content (AvgIpc) is 3.09. The molecule has 2 aromatic heterocycles. The van der Waals surface area contributed by atoms with E-state index in [1.807, 2.05) is 37.6 Å². The molecule has 1 atom stereocenters. The number of nitrogens with two attached hydrogens (primary N) is 1. The molecular weight excluding hydrogens is 266 g/mol. The third-order valence-electron chi connectivity index (χ3n) is 3.94. The van der Waals surface area contributed by atoms with Gasteiger partial charge in [0, 0.05) is 17.8 Å². The van der Waals surface area contributed by atoms with Gasteiger partial charge in [0.15, 0.2) is 0 Å². The third-order valence-corrected chi connectivity index (χ3v) is 3.94. The van der Waals surface area contributed by atoms with E-state index in [0.29, 0.717) is 17.4 Å². The van der Waals surface area contributed by atoms with Gasteiger partial charge in [-0.25, -0.2) is 0 Å². The summed E-state index contributed by atoms with van der Waals surface area (Å²) in [4.78, 5) is 12.5. The van der Waals surface area contributed by atoms with Gasteiger partial charge in [-0.15, -0.1) is 0 Å². The van der Waals surface area contributed by atoms with Crippen LogP contribution in [0.2, 0.25) is 0 Å². The van der Waals surface area contributed by atoms with Gasteiger partial charge in [-0.3, -0.25) is 4.79 Å². The molecule has 5 nitrogen and oxygen atoms in total. The first-order valence-corrected chi connectivity index (χ1v) is 7.31. The Kier molecular flexibility index (Phi) is 3.27. The van der Waals surface area contributed by atoms with Crippen LogP contribution < -0.4 is 11.1 Å². The Balaban J connectivity index is 1.78. The van der Waals surface area contributed by atoms with E-state index in [0.717, 1.165) is 29.9 Å². The maximum absolute atomic E-state index is 12.5. The maximum Gasteiger partial charge on any atom is 0.268 e. The van der Waals surface area contributed by atoms with Crippen LogP contribution in [-0.4, -0.2) is 10.5 Å². The second-order valence-corrected chi connectivity index (χ2v) is 5.86. The molecule has 112 valence electrons. The van der Waals surface area contributed by atoms with Crippen molar-refractivity contribution >= 4 is 11.6 Å². The molecule has 1 aliphatic rings. The first-order valence-electron chi connectivity index (χ1n) is 7.31. The Morgan fingerprint density at radius 1 is 1.43 bits per heavy atom. The molecule has 0 saturated heterocycles. The normalized spacial score (nSPS) is 16.0. The number of nitrogens with one attached hydrogen (secondary N) is 1. The highest BCUT2D eigenvalue weighted by Crippen LogP contribution is 2.37. The summed E-state index contributed by atoms with van der Waals surface area (Å²) in [6.45, 7) is 5.78. The number of amides is 1. The van der Waals surface area contributed by atoms with Gasteiger partial charge in [0.05, 0.1) is 11.7 Å². The molecule has 0 bridgehead atoms. The summed E-state index contributed by atoms with van der Waals surface area (Å²) in [5.41, 5.74) is 8.12. The summed E-state index contributed by atoms with van der Waals surface area (Å²) < 4.78 is 7.51. The second kappa shape index (κ2) is 4.98. The topological polar surface area (TPSA) is 73.2 Å². The number of nitrogen functional groups attached to an aromatic ring is 1. The molecule has 0 radical (unpaired) electrons. The van der Waals surface area contributed by atoms with Crippen molar-refractivity contribution in [1.82, 2.24) is 9.88 Å². The van der Waals surface area contributed by atoms with E-state index in [-0.39, 0.29) is 11.9 Å². The quantitative estimate of drug-likeness (QED) is 0.907. The van der Waals surface area contributed by atoms with Crippen molar-refractivity contribution < 1.29 is 9.21 Å². The van der Waals surface area contributed by atoms with Gasteiger partial charge in [-0.2, -0.15) is 0 Å². The molecule has 5 heteroatoms. The minimum Gasteiger partial charge on any atom is -0.466 e. The van der Waals surface area contributed by atoms with Crippen LogP contribution in [-0.2, 0) is 0 Å². The van der Waals surface area contributed by atoms with Crippen molar-refractivity contribution in [3.05, 3.63) is 41.1 Å². The smallest absolute Gasteiger partial charge is 0.268 e. The lowest BCUT2D eigenvalue weighted by Gasteiger charge is -2.14. The first kappa shape index (κ1) is 13.8. The van der Waals surface area contributed by atoms with Crippen LogP contribution >= 0.6 is 0 Å². The number of furan rings is 1. The highest BCUT2D eigenvalue weighted by molar-refractivity contribution is 5.94. The lowest BCUT2D eigenvalue weighted by molar-refractivity contribution is 0.0930. The number of rotatable bonds is 4.